The lowest BCUT2D eigenvalue weighted by molar-refractivity contribution is 0.0979. The molecule has 0 N–H and O–H groups in total. The quantitative estimate of drug-likeness (QED) is 0.718. The van der Waals surface area contributed by atoms with Crippen LogP contribution < -0.4 is 0 Å². The summed E-state index contributed by atoms with van der Waals surface area (Å²) in [7, 11) is 0. The first kappa shape index (κ1) is 13.0. The van der Waals surface area contributed by atoms with Crippen LogP contribution in [0.4, 0.5) is 0 Å². The van der Waals surface area contributed by atoms with E-state index >= 15 is 0 Å². The Labute approximate surface area is 112 Å². The molecule has 0 spiro atoms. The number of aryl methyl sites for hydroxylation is 3. The molecule has 0 aliphatic carbocycles. The molecule has 0 atom stereocenters. The Kier molecular flexibility index (Phi) is 4.32. The first-order valence-corrected chi connectivity index (χ1v) is 7.17. The average molecular weight is 258 g/mol. The molecule has 0 fully saturated rings. The molecule has 2 heteroatoms. The van der Waals surface area contributed by atoms with E-state index in [-0.39, 0.29) is 5.78 Å². The van der Waals surface area contributed by atoms with Crippen molar-refractivity contribution in [1.82, 2.24) is 0 Å². The van der Waals surface area contributed by atoms with Crippen LogP contribution in [0.5, 0.6) is 0 Å². The lowest BCUT2D eigenvalue weighted by Gasteiger charge is -2.06. The van der Waals surface area contributed by atoms with Crippen LogP contribution in [0.15, 0.2) is 35.7 Å². The van der Waals surface area contributed by atoms with Crippen LogP contribution in [-0.2, 0) is 6.42 Å². The van der Waals surface area contributed by atoms with E-state index in [0.717, 1.165) is 29.5 Å². The molecule has 0 saturated carbocycles. The number of carbonyl (C=O) groups excluding carboxylic acids is 1. The van der Waals surface area contributed by atoms with Crippen molar-refractivity contribution in [3.63, 3.8) is 0 Å². The summed E-state index contributed by atoms with van der Waals surface area (Å²) < 4.78 is 0. The van der Waals surface area contributed by atoms with Gasteiger partial charge < -0.3 is 0 Å². The fourth-order valence-electron chi connectivity index (χ4n) is 2.05. The van der Waals surface area contributed by atoms with E-state index in [4.69, 9.17) is 0 Å². The summed E-state index contributed by atoms with van der Waals surface area (Å²) in [6.07, 6.45) is 2.59. The predicted molar refractivity (Wildman–Crippen MR) is 77.5 cm³/mol. The van der Waals surface area contributed by atoms with Gasteiger partial charge >= 0.3 is 0 Å². The van der Waals surface area contributed by atoms with Crippen LogP contribution in [0.3, 0.4) is 0 Å². The molecule has 1 nitrogen and oxygen atoms in total. The fraction of sp³-hybridized carbons (Fsp3) is 0.312. The molecule has 0 aliphatic heterocycles. The summed E-state index contributed by atoms with van der Waals surface area (Å²) >= 11 is 1.76. The Morgan fingerprint density at radius 3 is 2.78 bits per heavy atom. The van der Waals surface area contributed by atoms with E-state index in [9.17, 15) is 4.79 Å². The smallest absolute Gasteiger partial charge is 0.163 e. The summed E-state index contributed by atoms with van der Waals surface area (Å²) in [6.45, 7) is 4.04. The normalized spacial score (nSPS) is 10.6. The number of hydrogen-bond acceptors (Lipinski definition) is 2. The van der Waals surface area contributed by atoms with Gasteiger partial charge in [-0.3, -0.25) is 4.79 Å². The van der Waals surface area contributed by atoms with Crippen LogP contribution in [0, 0.1) is 13.8 Å². The second-order valence-corrected chi connectivity index (χ2v) is 5.71. The second-order valence-electron chi connectivity index (χ2n) is 4.67. The molecule has 0 aliphatic rings. The molecule has 94 valence electrons. The highest BCUT2D eigenvalue weighted by atomic mass is 32.1. The van der Waals surface area contributed by atoms with Crippen molar-refractivity contribution in [3.05, 3.63) is 57.3 Å². The minimum absolute atomic E-state index is 0.271. The summed E-state index contributed by atoms with van der Waals surface area (Å²) in [5.74, 6) is 0.271. The topological polar surface area (TPSA) is 17.1 Å². The summed E-state index contributed by atoms with van der Waals surface area (Å²) in [5, 5.41) is 2.09. The highest BCUT2D eigenvalue weighted by Crippen LogP contribution is 2.16. The number of benzene rings is 1. The molecule has 0 radical (unpaired) electrons. The molecule has 1 heterocycles. The maximum Gasteiger partial charge on any atom is 0.163 e. The highest BCUT2D eigenvalue weighted by Gasteiger charge is 2.09. The van der Waals surface area contributed by atoms with Crippen molar-refractivity contribution in [2.45, 2.75) is 33.1 Å². The minimum atomic E-state index is 0.271. The van der Waals surface area contributed by atoms with Gasteiger partial charge in [-0.25, -0.2) is 0 Å². The van der Waals surface area contributed by atoms with Crippen LogP contribution >= 0.6 is 11.3 Å². The van der Waals surface area contributed by atoms with Gasteiger partial charge in [0.1, 0.15) is 0 Å². The zero-order chi connectivity index (χ0) is 13.0. The predicted octanol–water partition coefficient (Wildman–Crippen LogP) is 4.57. The van der Waals surface area contributed by atoms with Crippen LogP contribution in [0.2, 0.25) is 0 Å². The Hall–Kier alpha value is -1.41. The van der Waals surface area contributed by atoms with Gasteiger partial charge in [0.2, 0.25) is 0 Å². The van der Waals surface area contributed by atoms with Crippen LogP contribution in [-0.4, -0.2) is 5.78 Å². The number of carbonyl (C=O) groups is 1. The molecule has 1 aromatic carbocycles. The zero-order valence-corrected chi connectivity index (χ0v) is 11.7. The molecule has 2 aromatic rings. The van der Waals surface area contributed by atoms with Gasteiger partial charge in [0.25, 0.3) is 0 Å². The number of thiophene rings is 1. The van der Waals surface area contributed by atoms with Crippen molar-refractivity contribution >= 4 is 17.1 Å². The number of hydrogen-bond donors (Lipinski definition) is 0. The van der Waals surface area contributed by atoms with E-state index in [1.807, 2.05) is 26.0 Å². The van der Waals surface area contributed by atoms with Gasteiger partial charge in [-0.15, -0.1) is 11.3 Å². The number of rotatable bonds is 5. The third kappa shape index (κ3) is 3.30. The third-order valence-electron chi connectivity index (χ3n) is 3.10. The average Bonchev–Trinajstić information content (AvgIpc) is 2.85. The highest BCUT2D eigenvalue weighted by molar-refractivity contribution is 7.09. The molecular formula is C16H18OS. The SMILES string of the molecule is Cc1ccc(C)c(C(=O)CCCc2cccs2)c1. The van der Waals surface area contributed by atoms with Crippen molar-refractivity contribution in [1.29, 1.82) is 0 Å². The molecule has 0 amide bonds. The minimum Gasteiger partial charge on any atom is -0.294 e. The van der Waals surface area contributed by atoms with Crippen LogP contribution in [0.1, 0.15) is 39.2 Å². The first-order chi connectivity index (χ1) is 8.66. The molecule has 0 unspecified atom stereocenters. The maximum atomic E-state index is 12.1. The third-order valence-corrected chi connectivity index (χ3v) is 4.04. The monoisotopic (exact) mass is 258 g/mol. The van der Waals surface area contributed by atoms with Gasteiger partial charge in [-0.05, 0) is 49.8 Å². The first-order valence-electron chi connectivity index (χ1n) is 6.29. The standard InChI is InChI=1S/C16H18OS/c1-12-8-9-13(2)15(11-12)16(17)7-3-5-14-6-4-10-18-14/h4,6,8-11H,3,5,7H2,1-2H3. The molecule has 1 aromatic heterocycles. The summed E-state index contributed by atoms with van der Waals surface area (Å²) in [5.41, 5.74) is 3.13. The largest absolute Gasteiger partial charge is 0.294 e. The van der Waals surface area contributed by atoms with E-state index in [2.05, 4.69) is 23.6 Å². The number of Topliss-reactive ketones (excluding diaryl/α,β-unsaturated/α-hetero) is 1. The van der Waals surface area contributed by atoms with Crippen molar-refractivity contribution in [3.8, 4) is 0 Å². The van der Waals surface area contributed by atoms with Gasteiger partial charge in [0.15, 0.2) is 5.78 Å². The Balaban J connectivity index is 1.93. The molecular weight excluding hydrogens is 240 g/mol. The van der Waals surface area contributed by atoms with E-state index < -0.39 is 0 Å². The van der Waals surface area contributed by atoms with E-state index in [1.54, 1.807) is 11.3 Å². The van der Waals surface area contributed by atoms with Crippen molar-refractivity contribution in [2.75, 3.05) is 0 Å². The Morgan fingerprint density at radius 2 is 2.06 bits per heavy atom. The maximum absolute atomic E-state index is 12.1. The van der Waals surface area contributed by atoms with E-state index in [0.29, 0.717) is 6.42 Å². The van der Waals surface area contributed by atoms with Gasteiger partial charge in [0.05, 0.1) is 0 Å². The lowest BCUT2D eigenvalue weighted by atomic mass is 9.99. The fourth-order valence-corrected chi connectivity index (χ4v) is 2.80. The van der Waals surface area contributed by atoms with Gasteiger partial charge in [-0.2, -0.15) is 0 Å². The van der Waals surface area contributed by atoms with Crippen molar-refractivity contribution in [2.24, 2.45) is 0 Å². The lowest BCUT2D eigenvalue weighted by Crippen LogP contribution is -2.02. The second kappa shape index (κ2) is 5.96. The molecule has 2 rings (SSSR count). The van der Waals surface area contributed by atoms with Crippen LogP contribution in [0.25, 0.3) is 0 Å². The van der Waals surface area contributed by atoms with Gasteiger partial charge in [0, 0.05) is 16.9 Å². The molecule has 18 heavy (non-hydrogen) atoms. The molecule has 0 bridgehead atoms. The zero-order valence-electron chi connectivity index (χ0n) is 10.9. The van der Waals surface area contributed by atoms with Crippen molar-refractivity contribution < 1.29 is 4.79 Å². The summed E-state index contributed by atoms with van der Waals surface area (Å²) in [6, 6.07) is 10.3. The van der Waals surface area contributed by atoms with Gasteiger partial charge in [-0.1, -0.05) is 23.8 Å². The van der Waals surface area contributed by atoms with E-state index in [1.165, 1.54) is 4.88 Å². The summed E-state index contributed by atoms with van der Waals surface area (Å²) in [4.78, 5) is 13.5. The Bertz CT molecular complexity index is 526. The number of ketones is 1. The Morgan fingerprint density at radius 1 is 1.22 bits per heavy atom. The molecule has 0 saturated heterocycles.